The fraction of sp³-hybridized carbons (Fsp3) is 0.133. The van der Waals surface area contributed by atoms with E-state index in [1.807, 2.05) is 6.92 Å². The predicted molar refractivity (Wildman–Crippen MR) is 72.9 cm³/mol. The first-order chi connectivity index (χ1) is 8.88. The van der Waals surface area contributed by atoms with E-state index in [1.165, 1.54) is 24.0 Å². The Morgan fingerprint density at radius 3 is 2.21 bits per heavy atom. The minimum Gasteiger partial charge on any atom is -0.223 e. The highest BCUT2D eigenvalue weighted by atomic mass is 32.2. The van der Waals surface area contributed by atoms with E-state index in [2.05, 4.69) is 0 Å². The monoisotopic (exact) mass is 277 g/mol. The van der Waals surface area contributed by atoms with Crippen molar-refractivity contribution in [3.05, 3.63) is 70.7 Å². The highest BCUT2D eigenvalue weighted by molar-refractivity contribution is 7.93. The van der Waals surface area contributed by atoms with Gasteiger partial charge >= 0.3 is 0 Å². The van der Waals surface area contributed by atoms with E-state index >= 15 is 0 Å². The Morgan fingerprint density at radius 2 is 1.63 bits per heavy atom. The van der Waals surface area contributed by atoms with Gasteiger partial charge in [-0.25, -0.2) is 12.8 Å². The van der Waals surface area contributed by atoms with Crippen molar-refractivity contribution in [2.24, 2.45) is 0 Å². The second kappa shape index (κ2) is 5.13. The first-order valence-corrected chi connectivity index (χ1v) is 7.36. The van der Waals surface area contributed by atoms with Crippen molar-refractivity contribution in [2.75, 3.05) is 0 Å². The van der Waals surface area contributed by atoms with Crippen LogP contribution in [-0.2, 0) is 9.84 Å². The van der Waals surface area contributed by atoms with E-state index in [0.717, 1.165) is 5.56 Å². The third kappa shape index (κ3) is 3.20. The summed E-state index contributed by atoms with van der Waals surface area (Å²) in [5.74, 6) is 0.800. The van der Waals surface area contributed by atoms with Gasteiger partial charge in [0.15, 0.2) is 9.84 Å². The van der Waals surface area contributed by atoms with Crippen LogP contribution in [0.25, 0.3) is 0 Å². The summed E-state index contributed by atoms with van der Waals surface area (Å²) < 4.78 is 37.4. The summed E-state index contributed by atoms with van der Waals surface area (Å²) in [5.41, 5.74) is 2.09. The molecular formula is C15H14FO2S. The molecule has 2 rings (SSSR count). The third-order valence-corrected chi connectivity index (χ3v) is 4.36. The molecule has 1 radical (unpaired) electrons. The van der Waals surface area contributed by atoms with Gasteiger partial charge < -0.3 is 0 Å². The molecule has 0 amide bonds. The maximum atomic E-state index is 13.0. The molecule has 0 fully saturated rings. The number of rotatable bonds is 3. The Morgan fingerprint density at radius 1 is 1.00 bits per heavy atom. The first kappa shape index (κ1) is 13.7. The highest BCUT2D eigenvalue weighted by Crippen LogP contribution is 2.21. The van der Waals surface area contributed by atoms with Crippen LogP contribution in [-0.4, -0.2) is 8.42 Å². The Hall–Kier alpha value is -1.68. The van der Waals surface area contributed by atoms with Gasteiger partial charge in [-0.15, -0.1) is 0 Å². The number of hydrogen-bond acceptors (Lipinski definition) is 2. The molecule has 0 aliphatic carbocycles. The lowest BCUT2D eigenvalue weighted by Crippen LogP contribution is -2.04. The molecule has 0 saturated heterocycles. The molecule has 0 heterocycles. The summed E-state index contributed by atoms with van der Waals surface area (Å²) >= 11 is 0. The molecule has 19 heavy (non-hydrogen) atoms. The molecule has 0 N–H and O–H groups in total. The van der Waals surface area contributed by atoms with Crippen LogP contribution >= 0.6 is 0 Å². The minimum absolute atomic E-state index is 0.238. The van der Waals surface area contributed by atoms with Crippen LogP contribution in [0.15, 0.2) is 47.4 Å². The molecule has 0 spiro atoms. The van der Waals surface area contributed by atoms with Crippen molar-refractivity contribution < 1.29 is 12.8 Å². The summed E-state index contributed by atoms with van der Waals surface area (Å²) in [6.45, 7) is 3.57. The second-order valence-electron chi connectivity index (χ2n) is 4.48. The Bertz CT molecular complexity index is 689. The fourth-order valence-corrected chi connectivity index (χ4v) is 2.98. The van der Waals surface area contributed by atoms with Crippen LogP contribution in [0.5, 0.6) is 0 Å². The maximum absolute atomic E-state index is 13.0. The summed E-state index contributed by atoms with van der Waals surface area (Å²) in [6, 6.07) is 10.7. The lowest BCUT2D eigenvalue weighted by Gasteiger charge is -2.07. The molecule has 0 saturated carbocycles. The second-order valence-corrected chi connectivity index (χ2v) is 6.27. The smallest absolute Gasteiger partial charge is 0.187 e. The van der Waals surface area contributed by atoms with Gasteiger partial charge in [0, 0.05) is 0 Å². The standard InChI is InChI=1S/C15H14FO2S/c1-11-3-7-15(8-4-11)19(17,18)10-13-5-6-14(16)9-12(13)2/h3-10H,1-2H3. The van der Waals surface area contributed by atoms with Crippen LogP contribution in [0.1, 0.15) is 16.7 Å². The molecule has 0 unspecified atom stereocenters. The van der Waals surface area contributed by atoms with Crippen LogP contribution in [0.2, 0.25) is 0 Å². The van der Waals surface area contributed by atoms with E-state index in [0.29, 0.717) is 11.1 Å². The Labute approximate surface area is 112 Å². The molecule has 0 aliphatic heterocycles. The number of hydrogen-bond donors (Lipinski definition) is 0. The van der Waals surface area contributed by atoms with E-state index in [-0.39, 0.29) is 10.7 Å². The van der Waals surface area contributed by atoms with Crippen molar-refractivity contribution in [1.29, 1.82) is 0 Å². The molecule has 4 heteroatoms. The number of benzene rings is 2. The molecule has 2 nitrogen and oxygen atoms in total. The first-order valence-electron chi connectivity index (χ1n) is 5.81. The number of aryl methyl sites for hydroxylation is 2. The molecule has 0 aliphatic rings. The predicted octanol–water partition coefficient (Wildman–Crippen LogP) is 3.43. The minimum atomic E-state index is -3.51. The van der Waals surface area contributed by atoms with Crippen LogP contribution in [0.4, 0.5) is 4.39 Å². The van der Waals surface area contributed by atoms with Crippen molar-refractivity contribution >= 4 is 9.84 Å². The molecule has 0 aromatic heterocycles. The van der Waals surface area contributed by atoms with Crippen LogP contribution in [0.3, 0.4) is 0 Å². The SMILES string of the molecule is Cc1ccc(S(=O)(=O)[CH]c2ccc(F)cc2C)cc1. The van der Waals surface area contributed by atoms with Crippen molar-refractivity contribution in [3.8, 4) is 0 Å². The van der Waals surface area contributed by atoms with Gasteiger partial charge in [0.05, 0.1) is 4.90 Å². The zero-order valence-electron chi connectivity index (χ0n) is 10.7. The maximum Gasteiger partial charge on any atom is 0.187 e. The summed E-state index contributed by atoms with van der Waals surface area (Å²) in [4.78, 5) is 0.238. The van der Waals surface area contributed by atoms with Crippen LogP contribution in [0, 0.1) is 25.4 Å². The van der Waals surface area contributed by atoms with Gasteiger partial charge in [-0.3, -0.25) is 0 Å². The summed E-state index contributed by atoms with van der Waals surface area (Å²) in [6.07, 6.45) is 0. The van der Waals surface area contributed by atoms with Gasteiger partial charge in [-0.2, -0.15) is 0 Å². The fourth-order valence-electron chi connectivity index (χ4n) is 1.73. The lowest BCUT2D eigenvalue weighted by molar-refractivity contribution is 0.601. The van der Waals surface area contributed by atoms with E-state index in [1.54, 1.807) is 31.2 Å². The van der Waals surface area contributed by atoms with Gasteiger partial charge in [0.1, 0.15) is 11.6 Å². The van der Waals surface area contributed by atoms with Crippen molar-refractivity contribution in [1.82, 2.24) is 0 Å². The van der Waals surface area contributed by atoms with Crippen molar-refractivity contribution in [2.45, 2.75) is 18.7 Å². The molecule has 0 atom stereocenters. The van der Waals surface area contributed by atoms with Crippen LogP contribution < -0.4 is 0 Å². The Kier molecular flexibility index (Phi) is 3.71. The third-order valence-electron chi connectivity index (χ3n) is 2.86. The topological polar surface area (TPSA) is 34.1 Å². The molecule has 2 aromatic carbocycles. The zero-order chi connectivity index (χ0) is 14.0. The van der Waals surface area contributed by atoms with Crippen molar-refractivity contribution in [3.63, 3.8) is 0 Å². The average molecular weight is 277 g/mol. The normalized spacial score (nSPS) is 11.5. The number of sulfone groups is 1. The highest BCUT2D eigenvalue weighted by Gasteiger charge is 2.17. The zero-order valence-corrected chi connectivity index (χ0v) is 11.5. The van der Waals surface area contributed by atoms with E-state index in [9.17, 15) is 12.8 Å². The van der Waals surface area contributed by atoms with Gasteiger partial charge in [0.2, 0.25) is 0 Å². The van der Waals surface area contributed by atoms with E-state index in [4.69, 9.17) is 0 Å². The Balaban J connectivity index is 2.33. The quantitative estimate of drug-likeness (QED) is 0.861. The summed E-state index contributed by atoms with van der Waals surface area (Å²) in [5, 5.41) is 0. The van der Waals surface area contributed by atoms with Gasteiger partial charge in [-0.05, 0) is 49.2 Å². The van der Waals surface area contributed by atoms with Gasteiger partial charge in [0.25, 0.3) is 0 Å². The largest absolute Gasteiger partial charge is 0.223 e. The van der Waals surface area contributed by atoms with Gasteiger partial charge in [-0.1, -0.05) is 23.8 Å². The summed E-state index contributed by atoms with van der Waals surface area (Å²) in [7, 11) is -3.51. The molecule has 2 aromatic rings. The number of halogens is 1. The van der Waals surface area contributed by atoms with E-state index < -0.39 is 9.84 Å². The molecular weight excluding hydrogens is 263 g/mol. The average Bonchev–Trinajstić information content (AvgIpc) is 2.33. The molecule has 0 bridgehead atoms. The molecule has 99 valence electrons. The lowest BCUT2D eigenvalue weighted by atomic mass is 10.1.